The Bertz CT molecular complexity index is 858. The van der Waals surface area contributed by atoms with Gasteiger partial charge in [0.15, 0.2) is 0 Å². The molecule has 0 amide bonds. The minimum Gasteiger partial charge on any atom is -0.468 e. The van der Waals surface area contributed by atoms with E-state index in [1.165, 1.54) is 17.6 Å². The summed E-state index contributed by atoms with van der Waals surface area (Å²) in [6.45, 7) is 1.59. The van der Waals surface area contributed by atoms with Crippen LogP contribution in [0, 0.1) is 0 Å². The van der Waals surface area contributed by atoms with Crippen molar-refractivity contribution in [3.05, 3.63) is 56.7 Å². The van der Waals surface area contributed by atoms with Crippen LogP contribution in [0.1, 0.15) is 22.0 Å². The lowest BCUT2D eigenvalue weighted by Gasteiger charge is -2.33. The molecule has 0 spiro atoms. The van der Waals surface area contributed by atoms with Crippen molar-refractivity contribution in [2.24, 2.45) is 0 Å². The number of hydrogen-bond donors (Lipinski definition) is 1. The first-order chi connectivity index (χ1) is 12.2. The van der Waals surface area contributed by atoms with E-state index < -0.39 is 16.2 Å². The highest BCUT2D eigenvalue weighted by molar-refractivity contribution is 7.85. The quantitative estimate of drug-likeness (QED) is 0.610. The maximum absolute atomic E-state index is 12.3. The Kier molecular flexibility index (Phi) is 7.19. The molecule has 26 heavy (non-hydrogen) atoms. The second-order valence-corrected chi connectivity index (χ2v) is 8.64. The molecule has 1 aromatic carbocycles. The molecule has 1 atom stereocenters. The van der Waals surface area contributed by atoms with Gasteiger partial charge in [-0.2, -0.15) is 8.42 Å². The summed E-state index contributed by atoms with van der Waals surface area (Å²) in [5.74, 6) is -0.262. The average molecular weight is 418 g/mol. The van der Waals surface area contributed by atoms with Gasteiger partial charge in [-0.3, -0.25) is 9.45 Å². The Balaban J connectivity index is 0.000000431. The summed E-state index contributed by atoms with van der Waals surface area (Å²) in [5, 5.41) is 2.71. The summed E-state index contributed by atoms with van der Waals surface area (Å²) < 4.78 is 30.9. The molecule has 2 aromatic rings. The van der Waals surface area contributed by atoms with Crippen LogP contribution in [-0.4, -0.2) is 43.8 Å². The fraction of sp³-hybridized carbons (Fsp3) is 0.353. The van der Waals surface area contributed by atoms with Gasteiger partial charge in [0.2, 0.25) is 0 Å². The second-order valence-electron chi connectivity index (χ2n) is 5.77. The van der Waals surface area contributed by atoms with Crippen molar-refractivity contribution < 1.29 is 22.5 Å². The largest absolute Gasteiger partial charge is 0.468 e. The monoisotopic (exact) mass is 417 g/mol. The highest BCUT2D eigenvalue weighted by Crippen LogP contribution is 2.33. The smallest absolute Gasteiger partial charge is 0.327 e. The zero-order valence-corrected chi connectivity index (χ0v) is 16.8. The molecule has 0 bridgehead atoms. The molecular weight excluding hydrogens is 398 g/mol. The van der Waals surface area contributed by atoms with Crippen LogP contribution in [0.5, 0.6) is 0 Å². The minimum absolute atomic E-state index is 0.262. The number of esters is 1. The number of rotatable bonds is 3. The first-order valence-corrected chi connectivity index (χ1v) is 10.8. The molecule has 9 heteroatoms. The van der Waals surface area contributed by atoms with Crippen LogP contribution in [0.3, 0.4) is 0 Å². The molecule has 0 aliphatic carbocycles. The summed E-state index contributed by atoms with van der Waals surface area (Å²) in [6.07, 6.45) is 1.68. The Morgan fingerprint density at radius 1 is 1.35 bits per heavy atom. The predicted octanol–water partition coefficient (Wildman–Crippen LogP) is 3.18. The number of carbonyl (C=O) groups excluding carboxylic acids is 1. The highest BCUT2D eigenvalue weighted by atomic mass is 35.5. The van der Waals surface area contributed by atoms with Crippen molar-refractivity contribution in [3.8, 4) is 0 Å². The number of thiophene rings is 1. The van der Waals surface area contributed by atoms with E-state index in [9.17, 15) is 13.2 Å². The molecule has 1 aliphatic heterocycles. The summed E-state index contributed by atoms with van der Waals surface area (Å²) in [6, 6.07) is 9.16. The first-order valence-electron chi connectivity index (χ1n) is 7.74. The number of fused-ring (bicyclic) bond motifs is 1. The van der Waals surface area contributed by atoms with Gasteiger partial charge in [-0.15, -0.1) is 11.3 Å². The van der Waals surface area contributed by atoms with Gasteiger partial charge in [0.05, 0.1) is 13.4 Å². The maximum Gasteiger partial charge on any atom is 0.327 e. The summed E-state index contributed by atoms with van der Waals surface area (Å²) >= 11 is 8.07. The molecule has 1 N–H and O–H groups in total. The fourth-order valence-corrected chi connectivity index (χ4v) is 3.90. The number of ether oxygens (including phenoxy) is 1. The lowest BCUT2D eigenvalue weighted by Crippen LogP contribution is -2.38. The van der Waals surface area contributed by atoms with E-state index in [0.717, 1.165) is 25.1 Å². The van der Waals surface area contributed by atoms with Crippen LogP contribution in [0.15, 0.2) is 35.7 Å². The highest BCUT2D eigenvalue weighted by Gasteiger charge is 2.32. The van der Waals surface area contributed by atoms with Crippen molar-refractivity contribution in [2.75, 3.05) is 19.9 Å². The van der Waals surface area contributed by atoms with Gasteiger partial charge in [-0.25, -0.2) is 4.79 Å². The van der Waals surface area contributed by atoms with E-state index in [-0.39, 0.29) is 5.97 Å². The number of halogens is 1. The van der Waals surface area contributed by atoms with Crippen molar-refractivity contribution >= 4 is 39.0 Å². The molecule has 1 aromatic heterocycles. The Hall–Kier alpha value is -1.45. The molecule has 0 saturated carbocycles. The Morgan fingerprint density at radius 3 is 2.62 bits per heavy atom. The zero-order valence-electron chi connectivity index (χ0n) is 14.4. The molecule has 0 fully saturated rings. The predicted molar refractivity (Wildman–Crippen MR) is 102 cm³/mol. The van der Waals surface area contributed by atoms with E-state index in [1.54, 1.807) is 11.3 Å². The number of carbonyl (C=O) groups is 1. The van der Waals surface area contributed by atoms with E-state index >= 15 is 0 Å². The first kappa shape index (κ1) is 20.9. The van der Waals surface area contributed by atoms with E-state index in [0.29, 0.717) is 11.3 Å². The van der Waals surface area contributed by atoms with Gasteiger partial charge in [0, 0.05) is 23.0 Å². The van der Waals surface area contributed by atoms with Gasteiger partial charge in [0.1, 0.15) is 6.04 Å². The van der Waals surface area contributed by atoms with Crippen molar-refractivity contribution in [2.45, 2.75) is 19.0 Å². The lowest BCUT2D eigenvalue weighted by atomic mass is 10.0. The van der Waals surface area contributed by atoms with Crippen molar-refractivity contribution in [1.29, 1.82) is 0 Å². The van der Waals surface area contributed by atoms with Crippen molar-refractivity contribution in [3.63, 3.8) is 0 Å². The number of methoxy groups -OCH3 is 1. The summed E-state index contributed by atoms with van der Waals surface area (Å²) in [4.78, 5) is 15.8. The van der Waals surface area contributed by atoms with Gasteiger partial charge in [-0.05, 0) is 35.1 Å². The standard InChI is InChI=1S/C16H16ClNO2S.CH4O3S/c1-20-16(19)15(12-4-2-3-5-13(12)17)18-8-6-14-11(10-18)7-9-21-14;1-5(2,3)4/h2-5,7,9,15H,6,8,10H2,1H3;1H3,(H,2,3,4)/t15-;/m1./s1. The third kappa shape index (κ3) is 5.78. The third-order valence-electron chi connectivity index (χ3n) is 3.83. The molecule has 1 aliphatic rings. The number of benzene rings is 1. The molecule has 0 saturated heterocycles. The molecule has 142 valence electrons. The molecular formula is C17H20ClNO5S2. The Morgan fingerprint density at radius 2 is 2.00 bits per heavy atom. The molecule has 3 rings (SSSR count). The minimum atomic E-state index is -3.67. The Labute approximate surface area is 162 Å². The zero-order chi connectivity index (χ0) is 19.3. The third-order valence-corrected chi connectivity index (χ3v) is 5.19. The summed E-state index contributed by atoms with van der Waals surface area (Å²) in [7, 11) is -2.24. The van der Waals surface area contributed by atoms with Crippen molar-refractivity contribution in [1.82, 2.24) is 4.90 Å². The topological polar surface area (TPSA) is 83.9 Å². The van der Waals surface area contributed by atoms with Crippen LogP contribution in [-0.2, 0) is 32.6 Å². The van der Waals surface area contributed by atoms with E-state index in [2.05, 4.69) is 16.3 Å². The molecule has 0 radical (unpaired) electrons. The van der Waals surface area contributed by atoms with E-state index in [4.69, 9.17) is 20.9 Å². The van der Waals surface area contributed by atoms with Crippen LogP contribution < -0.4 is 0 Å². The van der Waals surface area contributed by atoms with Crippen LogP contribution >= 0.6 is 22.9 Å². The van der Waals surface area contributed by atoms with Gasteiger partial charge in [0.25, 0.3) is 10.1 Å². The molecule has 6 nitrogen and oxygen atoms in total. The summed E-state index contributed by atoms with van der Waals surface area (Å²) in [5.41, 5.74) is 2.11. The molecule has 0 unspecified atom stereocenters. The van der Waals surface area contributed by atoms with Gasteiger partial charge in [-0.1, -0.05) is 29.8 Å². The van der Waals surface area contributed by atoms with E-state index in [1.807, 2.05) is 24.3 Å². The molecule has 2 heterocycles. The lowest BCUT2D eigenvalue weighted by molar-refractivity contribution is -0.147. The average Bonchev–Trinajstić information content (AvgIpc) is 3.03. The fourth-order valence-electron chi connectivity index (χ4n) is 2.77. The van der Waals surface area contributed by atoms with Gasteiger partial charge < -0.3 is 4.74 Å². The van der Waals surface area contributed by atoms with Gasteiger partial charge >= 0.3 is 5.97 Å². The second kappa shape index (κ2) is 8.96. The maximum atomic E-state index is 12.3. The number of nitrogens with zero attached hydrogens (tertiary/aromatic N) is 1. The van der Waals surface area contributed by atoms with Crippen LogP contribution in [0.4, 0.5) is 0 Å². The SMILES string of the molecule is COC(=O)[C@@H](c1ccccc1Cl)N1CCc2sccc2C1.CS(=O)(=O)O. The number of hydrogen-bond acceptors (Lipinski definition) is 6. The normalized spacial score (nSPS) is 15.4. The van der Waals surface area contributed by atoms with Crippen LogP contribution in [0.2, 0.25) is 5.02 Å². The van der Waals surface area contributed by atoms with Crippen LogP contribution in [0.25, 0.3) is 0 Å².